The molecule has 3 rings (SSSR count). The van der Waals surface area contributed by atoms with E-state index in [0.717, 1.165) is 64.2 Å². The minimum Gasteiger partial charge on any atom is -0.394 e. The molecule has 17 unspecified atom stereocenters. The summed E-state index contributed by atoms with van der Waals surface area (Å²) in [6.07, 6.45) is 40.5. The Hall–Kier alpha value is -2.51. The third-order valence-electron chi connectivity index (χ3n) is 18.0. The summed E-state index contributed by atoms with van der Waals surface area (Å²) in [5.74, 6) is -0.294. The summed E-state index contributed by atoms with van der Waals surface area (Å²) in [4.78, 5) is 13.4. The number of carbonyl (C=O) groups excluding carboxylic acids is 1. The van der Waals surface area contributed by atoms with Gasteiger partial charge < -0.3 is 89.9 Å². The second-order valence-corrected chi connectivity index (χ2v) is 26.0. The highest BCUT2D eigenvalue weighted by molar-refractivity contribution is 5.76. The van der Waals surface area contributed by atoms with Crippen molar-refractivity contribution in [3.8, 4) is 0 Å². The molecule has 0 aliphatic carbocycles. The first kappa shape index (κ1) is 83.7. The van der Waals surface area contributed by atoms with Crippen molar-refractivity contribution in [3.05, 3.63) is 60.8 Å². The molecule has 0 bridgehead atoms. The number of allylic oxidation sites excluding steroid dienone is 9. The molecule has 0 aromatic rings. The Balaban J connectivity index is 1.45. The lowest BCUT2D eigenvalue weighted by Crippen LogP contribution is -2.66. The van der Waals surface area contributed by atoms with Crippen LogP contribution in [-0.4, -0.2) is 193 Å². The molecule has 0 spiro atoms. The van der Waals surface area contributed by atoms with Gasteiger partial charge >= 0.3 is 0 Å². The minimum atomic E-state index is -1.99. The standard InChI is InChI=1S/C73H131NO18/c1-3-5-7-9-11-13-15-17-19-21-23-25-26-27-28-29-31-32-34-36-38-40-42-44-46-48-50-57(78)56(74-61(79)51-49-47-45-43-41-39-37-35-33-30-24-22-20-18-16-14-12-10-8-6-4-2)55-87-71-67(85)64(82)69(59(53-76)89-71)92-73-68(86)65(83)70(60(54-77)90-73)91-72-66(84)63(81)62(80)58(52-75)88-72/h16,18,22,24,32,34,40,42,48,50,56-60,62-73,75-78,80-86H,3-15,17,19-21,23,25-31,33,35-39,41,43-47,49,51-55H2,1-2H3,(H,74,79)/b18-16-,24-22-,34-32+,42-40+,50-48+. The number of unbranched alkanes of at least 4 members (excludes halogenated alkanes) is 32. The van der Waals surface area contributed by atoms with Crippen molar-refractivity contribution in [3.63, 3.8) is 0 Å². The van der Waals surface area contributed by atoms with Gasteiger partial charge in [-0.05, 0) is 77.0 Å². The number of aliphatic hydroxyl groups is 11. The summed E-state index contributed by atoms with van der Waals surface area (Å²) in [6.45, 7) is 1.71. The lowest BCUT2D eigenvalue weighted by Gasteiger charge is -2.48. The van der Waals surface area contributed by atoms with Crippen LogP contribution in [0.3, 0.4) is 0 Å². The van der Waals surface area contributed by atoms with Crippen molar-refractivity contribution < 1.29 is 89.4 Å². The molecule has 3 fully saturated rings. The van der Waals surface area contributed by atoms with Gasteiger partial charge in [-0.15, -0.1) is 0 Å². The van der Waals surface area contributed by atoms with E-state index in [1.54, 1.807) is 6.08 Å². The molecule has 17 atom stereocenters. The number of carbonyl (C=O) groups is 1. The van der Waals surface area contributed by atoms with Gasteiger partial charge in [-0.25, -0.2) is 0 Å². The number of aliphatic hydroxyl groups excluding tert-OH is 11. The average Bonchev–Trinajstić information content (AvgIpc) is 0.838. The molecule has 0 aromatic carbocycles. The maximum Gasteiger partial charge on any atom is 0.220 e. The van der Waals surface area contributed by atoms with Gasteiger partial charge in [0, 0.05) is 6.42 Å². The summed E-state index contributed by atoms with van der Waals surface area (Å²) >= 11 is 0. The Bertz CT molecular complexity index is 1900. The molecule has 0 saturated carbocycles. The average molecular weight is 1310 g/mol. The van der Waals surface area contributed by atoms with E-state index in [9.17, 15) is 61.0 Å². The highest BCUT2D eigenvalue weighted by Crippen LogP contribution is 2.33. The fourth-order valence-corrected chi connectivity index (χ4v) is 12.1. The van der Waals surface area contributed by atoms with Gasteiger partial charge in [0.05, 0.1) is 38.6 Å². The molecule has 19 heteroatoms. The van der Waals surface area contributed by atoms with Crippen LogP contribution < -0.4 is 5.32 Å². The van der Waals surface area contributed by atoms with Gasteiger partial charge in [-0.3, -0.25) is 4.79 Å². The third-order valence-corrected chi connectivity index (χ3v) is 18.0. The normalized spacial score (nSPS) is 28.0. The van der Waals surface area contributed by atoms with Crippen molar-refractivity contribution in [2.75, 3.05) is 26.4 Å². The van der Waals surface area contributed by atoms with Crippen LogP contribution in [0.5, 0.6) is 0 Å². The van der Waals surface area contributed by atoms with Crippen LogP contribution >= 0.6 is 0 Å². The van der Waals surface area contributed by atoms with E-state index in [1.807, 2.05) is 6.08 Å². The lowest BCUT2D eigenvalue weighted by atomic mass is 9.96. The highest BCUT2D eigenvalue weighted by atomic mass is 16.8. The maximum atomic E-state index is 13.4. The van der Waals surface area contributed by atoms with E-state index in [0.29, 0.717) is 12.8 Å². The lowest BCUT2D eigenvalue weighted by molar-refractivity contribution is -0.379. The largest absolute Gasteiger partial charge is 0.394 e. The number of ether oxygens (including phenoxy) is 6. The zero-order chi connectivity index (χ0) is 66.8. The predicted molar refractivity (Wildman–Crippen MR) is 360 cm³/mol. The molecule has 3 aliphatic heterocycles. The van der Waals surface area contributed by atoms with E-state index in [1.165, 1.54) is 167 Å². The quantitative estimate of drug-likeness (QED) is 0.0199. The van der Waals surface area contributed by atoms with Crippen LogP contribution in [0.15, 0.2) is 60.8 Å². The first-order valence-electron chi connectivity index (χ1n) is 36.5. The van der Waals surface area contributed by atoms with E-state index < -0.39 is 124 Å². The van der Waals surface area contributed by atoms with Crippen LogP contribution in [-0.2, 0) is 33.2 Å². The first-order valence-corrected chi connectivity index (χ1v) is 36.5. The van der Waals surface area contributed by atoms with Crippen molar-refractivity contribution in [2.24, 2.45) is 0 Å². The van der Waals surface area contributed by atoms with Crippen molar-refractivity contribution in [1.82, 2.24) is 5.32 Å². The Morgan fingerprint density at radius 2 is 0.728 bits per heavy atom. The van der Waals surface area contributed by atoms with Crippen molar-refractivity contribution in [1.29, 1.82) is 0 Å². The van der Waals surface area contributed by atoms with Gasteiger partial charge in [0.1, 0.15) is 73.2 Å². The van der Waals surface area contributed by atoms with E-state index in [2.05, 4.69) is 67.8 Å². The van der Waals surface area contributed by atoms with Crippen LogP contribution in [0.2, 0.25) is 0 Å². The van der Waals surface area contributed by atoms with Gasteiger partial charge in [0.25, 0.3) is 0 Å². The smallest absolute Gasteiger partial charge is 0.220 e. The zero-order valence-corrected chi connectivity index (χ0v) is 56.8. The van der Waals surface area contributed by atoms with Crippen molar-refractivity contribution >= 4 is 5.91 Å². The Kier molecular flexibility index (Phi) is 49.6. The Morgan fingerprint density at radius 3 is 1.15 bits per heavy atom. The molecular formula is C73H131NO18. The molecule has 3 aliphatic rings. The number of hydrogen-bond donors (Lipinski definition) is 12. The third kappa shape index (κ3) is 35.7. The number of nitrogens with one attached hydrogen (secondary N) is 1. The molecule has 1 amide bonds. The molecule has 92 heavy (non-hydrogen) atoms. The fourth-order valence-electron chi connectivity index (χ4n) is 12.1. The summed E-state index contributed by atoms with van der Waals surface area (Å²) < 4.78 is 34.4. The second-order valence-electron chi connectivity index (χ2n) is 26.0. The number of amides is 1. The van der Waals surface area contributed by atoms with E-state index in [-0.39, 0.29) is 18.9 Å². The number of rotatable bonds is 56. The van der Waals surface area contributed by atoms with Crippen LogP contribution in [0.25, 0.3) is 0 Å². The van der Waals surface area contributed by atoms with Crippen LogP contribution in [0, 0.1) is 0 Å². The Morgan fingerprint density at radius 1 is 0.391 bits per heavy atom. The summed E-state index contributed by atoms with van der Waals surface area (Å²) in [5.41, 5.74) is 0. The van der Waals surface area contributed by atoms with Crippen molar-refractivity contribution in [2.45, 2.75) is 369 Å². The molecule has 536 valence electrons. The first-order chi connectivity index (χ1) is 44.8. The minimum absolute atomic E-state index is 0.225. The SMILES string of the molecule is CCCCCCC/C=C\C/C=C\CCCCCCCCCCCC(=O)NC(COC1OC(CO)C(OC2OC(CO)C(OC3OC(CO)C(O)C(O)C3O)C(O)C2O)C(O)C1O)C(O)/C=C/CC/C=C/CC/C=C/CCCCCCCCCCCCCCCCCC. The molecule has 19 nitrogen and oxygen atoms in total. The summed E-state index contributed by atoms with van der Waals surface area (Å²) in [6, 6.07) is -1.00. The van der Waals surface area contributed by atoms with Gasteiger partial charge in [0.2, 0.25) is 5.91 Å². The monoisotopic (exact) mass is 1310 g/mol. The summed E-state index contributed by atoms with van der Waals surface area (Å²) in [5, 5.41) is 121. The van der Waals surface area contributed by atoms with Gasteiger partial charge in [0.15, 0.2) is 18.9 Å². The molecule has 0 aromatic heterocycles. The molecule has 3 heterocycles. The fraction of sp³-hybridized carbons (Fsp3) is 0.849. The van der Waals surface area contributed by atoms with Crippen LogP contribution in [0.4, 0.5) is 0 Å². The molecule has 12 N–H and O–H groups in total. The van der Waals surface area contributed by atoms with Crippen LogP contribution in [0.1, 0.15) is 264 Å². The summed E-state index contributed by atoms with van der Waals surface area (Å²) in [7, 11) is 0. The highest BCUT2D eigenvalue weighted by Gasteiger charge is 2.53. The molecule has 3 saturated heterocycles. The topological polar surface area (TPSA) is 307 Å². The van der Waals surface area contributed by atoms with E-state index in [4.69, 9.17) is 28.4 Å². The van der Waals surface area contributed by atoms with Gasteiger partial charge in [-0.2, -0.15) is 0 Å². The molecular weight excluding hydrogens is 1180 g/mol. The maximum absolute atomic E-state index is 13.4. The van der Waals surface area contributed by atoms with Gasteiger partial charge in [-0.1, -0.05) is 242 Å². The molecule has 0 radical (unpaired) electrons. The number of hydrogen-bond acceptors (Lipinski definition) is 18. The predicted octanol–water partition coefficient (Wildman–Crippen LogP) is 10.3. The van der Waals surface area contributed by atoms with E-state index >= 15 is 0 Å². The Labute approximate surface area is 554 Å². The zero-order valence-electron chi connectivity index (χ0n) is 56.8. The second kappa shape index (κ2) is 54.5.